The molecule has 0 aliphatic heterocycles. The second kappa shape index (κ2) is 8.05. The summed E-state index contributed by atoms with van der Waals surface area (Å²) >= 11 is 0. The molecule has 2 unspecified atom stereocenters. The van der Waals surface area contributed by atoms with Gasteiger partial charge in [-0.25, -0.2) is 0 Å². The zero-order chi connectivity index (χ0) is 12.5. The van der Waals surface area contributed by atoms with Gasteiger partial charge in [0.25, 0.3) is 0 Å². The summed E-state index contributed by atoms with van der Waals surface area (Å²) in [5, 5.41) is 0. The Hall–Kier alpha value is -1.11. The van der Waals surface area contributed by atoms with Crippen molar-refractivity contribution in [3.8, 4) is 0 Å². The minimum Gasteiger partial charge on any atom is -0.303 e. The van der Waals surface area contributed by atoms with Crippen molar-refractivity contribution in [3.05, 3.63) is 35.9 Å². The van der Waals surface area contributed by atoms with Gasteiger partial charge in [0.15, 0.2) is 0 Å². The Morgan fingerprint density at radius 2 is 1.71 bits per heavy atom. The van der Waals surface area contributed by atoms with E-state index in [-0.39, 0.29) is 5.92 Å². The fourth-order valence-corrected chi connectivity index (χ4v) is 2.50. The summed E-state index contributed by atoms with van der Waals surface area (Å²) in [4.78, 5) is 11.2. The van der Waals surface area contributed by atoms with Crippen LogP contribution in [0.25, 0.3) is 0 Å². The molecule has 0 bridgehead atoms. The zero-order valence-electron chi connectivity index (χ0n) is 11.1. The fourth-order valence-electron chi connectivity index (χ4n) is 2.50. The quantitative estimate of drug-likeness (QED) is 0.612. The Morgan fingerprint density at radius 1 is 1.06 bits per heavy atom. The third-order valence-corrected chi connectivity index (χ3v) is 3.40. The standard InChI is InChI=1S/C16H24O/c1-3-8-15(16(13-17)9-4-2)12-14-10-6-5-7-11-14/h5-7,10-11,13,15-16H,3-4,8-9,12H2,1-2H3. The van der Waals surface area contributed by atoms with Crippen molar-refractivity contribution in [2.75, 3.05) is 0 Å². The molecule has 0 aromatic heterocycles. The summed E-state index contributed by atoms with van der Waals surface area (Å²) in [6.45, 7) is 4.35. The van der Waals surface area contributed by atoms with Gasteiger partial charge in [0, 0.05) is 5.92 Å². The Labute approximate surface area is 105 Å². The summed E-state index contributed by atoms with van der Waals surface area (Å²) in [6.07, 6.45) is 6.65. The number of carbonyl (C=O) groups is 1. The van der Waals surface area contributed by atoms with Crippen molar-refractivity contribution in [3.63, 3.8) is 0 Å². The van der Waals surface area contributed by atoms with Crippen LogP contribution >= 0.6 is 0 Å². The van der Waals surface area contributed by atoms with Crippen molar-refractivity contribution in [1.82, 2.24) is 0 Å². The summed E-state index contributed by atoms with van der Waals surface area (Å²) < 4.78 is 0. The normalized spacial score (nSPS) is 14.2. The third-order valence-electron chi connectivity index (χ3n) is 3.40. The third kappa shape index (κ3) is 4.72. The van der Waals surface area contributed by atoms with Gasteiger partial charge in [-0.1, -0.05) is 57.0 Å². The largest absolute Gasteiger partial charge is 0.303 e. The maximum atomic E-state index is 11.2. The Bertz CT molecular complexity index is 305. The van der Waals surface area contributed by atoms with Gasteiger partial charge in [-0.3, -0.25) is 0 Å². The summed E-state index contributed by atoms with van der Waals surface area (Å²) in [5.41, 5.74) is 1.36. The highest BCUT2D eigenvalue weighted by molar-refractivity contribution is 5.54. The summed E-state index contributed by atoms with van der Waals surface area (Å²) in [7, 11) is 0. The van der Waals surface area contributed by atoms with E-state index in [2.05, 4.69) is 38.1 Å². The maximum Gasteiger partial charge on any atom is 0.123 e. The van der Waals surface area contributed by atoms with E-state index in [0.717, 1.165) is 32.1 Å². The van der Waals surface area contributed by atoms with Crippen molar-refractivity contribution >= 4 is 6.29 Å². The van der Waals surface area contributed by atoms with E-state index >= 15 is 0 Å². The SMILES string of the molecule is CCCC(C=O)C(CCC)Cc1ccccc1. The molecule has 1 aromatic rings. The van der Waals surface area contributed by atoms with Crippen LogP contribution in [0.15, 0.2) is 30.3 Å². The topological polar surface area (TPSA) is 17.1 Å². The van der Waals surface area contributed by atoms with Crippen LogP contribution in [0.4, 0.5) is 0 Å². The lowest BCUT2D eigenvalue weighted by Crippen LogP contribution is -2.18. The Morgan fingerprint density at radius 3 is 2.24 bits per heavy atom. The fraction of sp³-hybridized carbons (Fsp3) is 0.562. The molecule has 94 valence electrons. The Kier molecular flexibility index (Phi) is 6.61. The molecule has 0 heterocycles. The van der Waals surface area contributed by atoms with Crippen LogP contribution in [0, 0.1) is 11.8 Å². The summed E-state index contributed by atoms with van der Waals surface area (Å²) in [5.74, 6) is 0.750. The van der Waals surface area contributed by atoms with E-state index in [1.54, 1.807) is 0 Å². The molecule has 2 atom stereocenters. The second-order valence-electron chi connectivity index (χ2n) is 4.83. The number of aldehydes is 1. The highest BCUT2D eigenvalue weighted by atomic mass is 16.1. The van der Waals surface area contributed by atoms with Gasteiger partial charge in [0.2, 0.25) is 0 Å². The van der Waals surface area contributed by atoms with Gasteiger partial charge in [0.1, 0.15) is 6.29 Å². The monoisotopic (exact) mass is 232 g/mol. The first-order chi connectivity index (χ1) is 8.31. The lowest BCUT2D eigenvalue weighted by Gasteiger charge is -2.22. The number of rotatable bonds is 8. The van der Waals surface area contributed by atoms with Crippen molar-refractivity contribution < 1.29 is 4.79 Å². The first-order valence-electron chi connectivity index (χ1n) is 6.81. The van der Waals surface area contributed by atoms with Gasteiger partial charge in [-0.05, 0) is 30.7 Å². The van der Waals surface area contributed by atoms with Gasteiger partial charge in [-0.2, -0.15) is 0 Å². The highest BCUT2D eigenvalue weighted by Gasteiger charge is 2.19. The second-order valence-corrected chi connectivity index (χ2v) is 4.83. The van der Waals surface area contributed by atoms with Crippen molar-refractivity contribution in [1.29, 1.82) is 0 Å². The first kappa shape index (κ1) is 14.0. The van der Waals surface area contributed by atoms with Crippen LogP contribution in [0.3, 0.4) is 0 Å². The van der Waals surface area contributed by atoms with Crippen LogP contribution in [-0.2, 0) is 11.2 Å². The molecular formula is C16H24O. The van der Waals surface area contributed by atoms with E-state index in [9.17, 15) is 4.79 Å². The van der Waals surface area contributed by atoms with E-state index in [1.807, 2.05) is 6.07 Å². The lowest BCUT2D eigenvalue weighted by molar-refractivity contribution is -0.112. The average Bonchev–Trinajstić information content (AvgIpc) is 2.37. The summed E-state index contributed by atoms with van der Waals surface area (Å²) in [6, 6.07) is 10.5. The first-order valence-corrected chi connectivity index (χ1v) is 6.81. The molecule has 1 rings (SSSR count). The molecule has 0 aliphatic carbocycles. The molecule has 0 spiro atoms. The molecule has 0 fully saturated rings. The van der Waals surface area contributed by atoms with E-state index < -0.39 is 0 Å². The van der Waals surface area contributed by atoms with Crippen LogP contribution < -0.4 is 0 Å². The Balaban J connectivity index is 2.67. The molecular weight excluding hydrogens is 208 g/mol. The van der Waals surface area contributed by atoms with Gasteiger partial charge in [-0.15, -0.1) is 0 Å². The average molecular weight is 232 g/mol. The molecule has 0 saturated carbocycles. The zero-order valence-corrected chi connectivity index (χ0v) is 11.1. The van der Waals surface area contributed by atoms with Gasteiger partial charge in [0.05, 0.1) is 0 Å². The lowest BCUT2D eigenvalue weighted by atomic mass is 9.82. The van der Waals surface area contributed by atoms with Crippen LogP contribution in [-0.4, -0.2) is 6.29 Å². The predicted molar refractivity (Wildman–Crippen MR) is 73.0 cm³/mol. The molecule has 0 aliphatic rings. The highest BCUT2D eigenvalue weighted by Crippen LogP contribution is 2.24. The van der Waals surface area contributed by atoms with Crippen molar-refractivity contribution in [2.45, 2.75) is 46.0 Å². The minimum absolute atomic E-state index is 0.236. The van der Waals surface area contributed by atoms with E-state index in [1.165, 1.54) is 11.8 Å². The molecule has 1 nitrogen and oxygen atoms in total. The van der Waals surface area contributed by atoms with Crippen LogP contribution in [0.5, 0.6) is 0 Å². The predicted octanol–water partition coefficient (Wildman–Crippen LogP) is 4.26. The molecule has 0 saturated heterocycles. The van der Waals surface area contributed by atoms with Crippen LogP contribution in [0.2, 0.25) is 0 Å². The number of hydrogen-bond donors (Lipinski definition) is 0. The molecule has 0 radical (unpaired) electrons. The van der Waals surface area contributed by atoms with Crippen LogP contribution in [0.1, 0.15) is 45.1 Å². The van der Waals surface area contributed by atoms with E-state index in [4.69, 9.17) is 0 Å². The minimum atomic E-state index is 0.236. The number of benzene rings is 1. The smallest absolute Gasteiger partial charge is 0.123 e. The van der Waals surface area contributed by atoms with E-state index in [0.29, 0.717) is 5.92 Å². The molecule has 1 heteroatoms. The maximum absolute atomic E-state index is 11.2. The molecule has 0 N–H and O–H groups in total. The van der Waals surface area contributed by atoms with Gasteiger partial charge >= 0.3 is 0 Å². The molecule has 1 aromatic carbocycles. The molecule has 0 amide bonds. The van der Waals surface area contributed by atoms with Gasteiger partial charge < -0.3 is 4.79 Å². The van der Waals surface area contributed by atoms with Crippen molar-refractivity contribution in [2.24, 2.45) is 11.8 Å². The number of carbonyl (C=O) groups excluding carboxylic acids is 1. The number of hydrogen-bond acceptors (Lipinski definition) is 1. The molecule has 17 heavy (non-hydrogen) atoms.